The van der Waals surface area contributed by atoms with E-state index in [2.05, 4.69) is 31.1 Å². The van der Waals surface area contributed by atoms with Crippen LogP contribution in [0.4, 0.5) is 5.69 Å². The average Bonchev–Trinajstić information content (AvgIpc) is 3.02. The molecule has 3 N–H and O–H groups in total. The summed E-state index contributed by atoms with van der Waals surface area (Å²) in [4.78, 5) is 16.8. The summed E-state index contributed by atoms with van der Waals surface area (Å²) in [5.41, 5.74) is 8.46. The second kappa shape index (κ2) is 7.75. The first-order valence-electron chi connectivity index (χ1n) is 8.75. The minimum atomic E-state index is 0. The maximum absolute atomic E-state index is 12.2. The van der Waals surface area contributed by atoms with Crippen LogP contribution in [0.25, 0.3) is 11.1 Å². The number of carbonyl (C=O) groups is 1. The van der Waals surface area contributed by atoms with E-state index in [4.69, 9.17) is 10.2 Å². The highest BCUT2D eigenvalue weighted by Crippen LogP contribution is 2.28. The number of fused-ring (bicyclic) bond motifs is 1. The van der Waals surface area contributed by atoms with Crippen LogP contribution in [0, 0.1) is 11.3 Å². The molecule has 138 valence electrons. The zero-order valence-corrected chi connectivity index (χ0v) is 16.0. The normalized spacial score (nSPS) is 20.5. The highest BCUT2D eigenvalue weighted by Gasteiger charge is 2.26. The number of nitrogens with zero attached hydrogens (tertiary/aromatic N) is 1. The summed E-state index contributed by atoms with van der Waals surface area (Å²) in [5.74, 6) is 1.06. The molecule has 1 aromatic carbocycles. The van der Waals surface area contributed by atoms with Gasteiger partial charge in [0, 0.05) is 24.6 Å². The van der Waals surface area contributed by atoms with E-state index in [-0.39, 0.29) is 29.8 Å². The van der Waals surface area contributed by atoms with Crippen molar-refractivity contribution in [3.05, 3.63) is 24.1 Å². The van der Waals surface area contributed by atoms with Gasteiger partial charge in [-0.1, -0.05) is 27.2 Å². The number of amides is 1. The molecule has 1 aromatic heterocycles. The monoisotopic (exact) mass is 365 g/mol. The number of hydrogen-bond donors (Lipinski definition) is 2. The number of hydrogen-bond acceptors (Lipinski definition) is 4. The number of halogens is 1. The number of carbonyl (C=O) groups excluding carboxylic acids is 1. The molecule has 1 amide bonds. The largest absolute Gasteiger partial charge is 0.441 e. The topological polar surface area (TPSA) is 81.2 Å². The van der Waals surface area contributed by atoms with Gasteiger partial charge in [-0.2, -0.15) is 0 Å². The molecular weight excluding hydrogens is 338 g/mol. The van der Waals surface area contributed by atoms with E-state index >= 15 is 0 Å². The van der Waals surface area contributed by atoms with Crippen LogP contribution in [0.3, 0.4) is 0 Å². The second-order valence-electron chi connectivity index (χ2n) is 8.13. The lowest BCUT2D eigenvalue weighted by molar-refractivity contribution is -0.117. The first-order chi connectivity index (χ1) is 11.3. The molecule has 1 fully saturated rings. The maximum atomic E-state index is 12.2. The minimum absolute atomic E-state index is 0. The highest BCUT2D eigenvalue weighted by atomic mass is 35.5. The molecule has 3 rings (SSSR count). The molecule has 2 atom stereocenters. The molecule has 1 heterocycles. The van der Waals surface area contributed by atoms with Gasteiger partial charge < -0.3 is 15.5 Å². The number of rotatable bonds is 4. The van der Waals surface area contributed by atoms with Crippen LogP contribution >= 0.6 is 12.4 Å². The van der Waals surface area contributed by atoms with E-state index in [1.165, 1.54) is 0 Å². The lowest BCUT2D eigenvalue weighted by atomic mass is 9.92. The molecular formula is C19H28ClN3O2. The smallest absolute Gasteiger partial charge is 0.224 e. The van der Waals surface area contributed by atoms with Gasteiger partial charge in [-0.05, 0) is 42.4 Å². The quantitative estimate of drug-likeness (QED) is 0.846. The van der Waals surface area contributed by atoms with Crippen molar-refractivity contribution in [1.82, 2.24) is 4.98 Å². The summed E-state index contributed by atoms with van der Waals surface area (Å²) in [6.45, 7) is 6.46. The van der Waals surface area contributed by atoms with Crippen molar-refractivity contribution in [3.8, 4) is 0 Å². The van der Waals surface area contributed by atoms with Crippen LogP contribution in [0.5, 0.6) is 0 Å². The lowest BCUT2D eigenvalue weighted by Gasteiger charge is -2.14. The third-order valence-electron chi connectivity index (χ3n) is 4.56. The van der Waals surface area contributed by atoms with Crippen LogP contribution in [-0.2, 0) is 11.2 Å². The van der Waals surface area contributed by atoms with Gasteiger partial charge in [-0.25, -0.2) is 4.98 Å². The maximum Gasteiger partial charge on any atom is 0.224 e. The molecule has 25 heavy (non-hydrogen) atoms. The Balaban J connectivity index is 0.00000225. The van der Waals surface area contributed by atoms with Crippen LogP contribution in [-0.4, -0.2) is 16.9 Å². The van der Waals surface area contributed by atoms with Crippen molar-refractivity contribution in [2.24, 2.45) is 17.1 Å². The summed E-state index contributed by atoms with van der Waals surface area (Å²) in [5, 5.41) is 2.96. The Bertz CT molecular complexity index is 736. The first-order valence-corrected chi connectivity index (χ1v) is 8.75. The van der Waals surface area contributed by atoms with Crippen molar-refractivity contribution in [1.29, 1.82) is 0 Å². The molecule has 0 saturated heterocycles. The van der Waals surface area contributed by atoms with Crippen LogP contribution < -0.4 is 11.1 Å². The number of benzene rings is 1. The van der Waals surface area contributed by atoms with Gasteiger partial charge in [-0.3, -0.25) is 4.79 Å². The van der Waals surface area contributed by atoms with E-state index < -0.39 is 0 Å². The third kappa shape index (κ3) is 5.19. The SMILES string of the molecule is CC(C)(C)Cc1nc2cc(NC(=O)C[C@@H]3CCC[C@H]3N)ccc2o1.Cl. The lowest BCUT2D eigenvalue weighted by Crippen LogP contribution is -2.28. The Kier molecular flexibility index (Phi) is 6.12. The van der Waals surface area contributed by atoms with Gasteiger partial charge in [0.15, 0.2) is 11.5 Å². The molecule has 5 nitrogen and oxygen atoms in total. The summed E-state index contributed by atoms with van der Waals surface area (Å²) in [7, 11) is 0. The van der Waals surface area contributed by atoms with Gasteiger partial charge in [-0.15, -0.1) is 12.4 Å². The molecule has 1 aliphatic rings. The van der Waals surface area contributed by atoms with Crippen molar-refractivity contribution in [2.75, 3.05) is 5.32 Å². The number of oxazole rings is 1. The van der Waals surface area contributed by atoms with Crippen molar-refractivity contribution in [2.45, 2.75) is 58.9 Å². The summed E-state index contributed by atoms with van der Waals surface area (Å²) < 4.78 is 5.79. The van der Waals surface area contributed by atoms with E-state index in [9.17, 15) is 4.79 Å². The number of nitrogens with two attached hydrogens (primary N) is 1. The van der Waals surface area contributed by atoms with Crippen LogP contribution in [0.1, 0.15) is 52.3 Å². The fraction of sp³-hybridized carbons (Fsp3) is 0.579. The Morgan fingerprint density at radius 2 is 2.12 bits per heavy atom. The predicted octanol–water partition coefficient (Wildman–Crippen LogP) is 4.29. The van der Waals surface area contributed by atoms with Gasteiger partial charge in [0.25, 0.3) is 0 Å². The standard InChI is InChI=1S/C19H27N3O2.ClH/c1-19(2,3)11-18-22-15-10-13(7-8-16(15)24-18)21-17(23)9-12-5-4-6-14(12)20;/h7-8,10,12,14H,4-6,9,11,20H2,1-3H3,(H,21,23);1H/t12-,14+;/m0./s1. The zero-order chi connectivity index (χ0) is 17.3. The average molecular weight is 366 g/mol. The third-order valence-corrected chi connectivity index (χ3v) is 4.56. The second-order valence-corrected chi connectivity index (χ2v) is 8.13. The molecule has 0 unspecified atom stereocenters. The van der Waals surface area contributed by atoms with E-state index in [1.54, 1.807) is 0 Å². The van der Waals surface area contributed by atoms with Crippen molar-refractivity contribution < 1.29 is 9.21 Å². The minimum Gasteiger partial charge on any atom is -0.441 e. The molecule has 2 aromatic rings. The Labute approximate surface area is 155 Å². The fourth-order valence-corrected chi connectivity index (χ4v) is 3.35. The molecule has 0 spiro atoms. The number of aromatic nitrogens is 1. The zero-order valence-electron chi connectivity index (χ0n) is 15.2. The Morgan fingerprint density at radius 1 is 1.36 bits per heavy atom. The van der Waals surface area contributed by atoms with Crippen LogP contribution in [0.15, 0.2) is 22.6 Å². The predicted molar refractivity (Wildman–Crippen MR) is 103 cm³/mol. The molecule has 6 heteroatoms. The van der Waals surface area contributed by atoms with E-state index in [0.717, 1.165) is 48.4 Å². The van der Waals surface area contributed by atoms with Gasteiger partial charge in [0.2, 0.25) is 5.91 Å². The van der Waals surface area contributed by atoms with Gasteiger partial charge in [0.05, 0.1) is 0 Å². The highest BCUT2D eigenvalue weighted by molar-refractivity contribution is 5.93. The van der Waals surface area contributed by atoms with Gasteiger partial charge >= 0.3 is 0 Å². The summed E-state index contributed by atoms with van der Waals surface area (Å²) in [6, 6.07) is 5.76. The Hall–Kier alpha value is -1.59. The number of anilines is 1. The molecule has 0 bridgehead atoms. The molecule has 1 saturated carbocycles. The van der Waals surface area contributed by atoms with Gasteiger partial charge in [0.1, 0.15) is 5.52 Å². The molecule has 0 aliphatic heterocycles. The van der Waals surface area contributed by atoms with Crippen molar-refractivity contribution >= 4 is 35.1 Å². The van der Waals surface area contributed by atoms with Crippen molar-refractivity contribution in [3.63, 3.8) is 0 Å². The van der Waals surface area contributed by atoms with E-state index in [0.29, 0.717) is 12.3 Å². The number of nitrogens with one attached hydrogen (secondary N) is 1. The van der Waals surface area contributed by atoms with Crippen LogP contribution in [0.2, 0.25) is 0 Å². The first kappa shape index (κ1) is 19.7. The molecule has 0 radical (unpaired) electrons. The Morgan fingerprint density at radius 3 is 2.76 bits per heavy atom. The van der Waals surface area contributed by atoms with E-state index in [1.807, 2.05) is 18.2 Å². The molecule has 1 aliphatic carbocycles. The summed E-state index contributed by atoms with van der Waals surface area (Å²) >= 11 is 0. The summed E-state index contributed by atoms with van der Waals surface area (Å²) in [6.07, 6.45) is 4.48. The fourth-order valence-electron chi connectivity index (χ4n) is 3.35.